The van der Waals surface area contributed by atoms with Gasteiger partial charge in [0.2, 0.25) is 0 Å². The van der Waals surface area contributed by atoms with Crippen LogP contribution in [0.1, 0.15) is 42.9 Å². The van der Waals surface area contributed by atoms with Gasteiger partial charge in [-0.3, -0.25) is 0 Å². The van der Waals surface area contributed by atoms with Crippen molar-refractivity contribution >= 4 is 17.8 Å². The van der Waals surface area contributed by atoms with E-state index in [0.717, 1.165) is 19.4 Å². The summed E-state index contributed by atoms with van der Waals surface area (Å²) in [7, 11) is 0. The topological polar surface area (TPSA) is 52.6 Å². The Balaban J connectivity index is 1.64. The molecular weight excluding hydrogens is 320 g/mol. The van der Waals surface area contributed by atoms with Gasteiger partial charge in [0.05, 0.1) is 6.04 Å². The quantitative estimate of drug-likeness (QED) is 0.830. The predicted molar refractivity (Wildman–Crippen MR) is 99.4 cm³/mol. The fourth-order valence-electron chi connectivity index (χ4n) is 3.78. The third kappa shape index (κ3) is 4.25. The smallest absolute Gasteiger partial charge is 0.317 e. The third-order valence-electron chi connectivity index (χ3n) is 5.18. The second kappa shape index (κ2) is 8.77. The van der Waals surface area contributed by atoms with Gasteiger partial charge in [0.25, 0.3) is 0 Å². The highest BCUT2D eigenvalue weighted by atomic mass is 32.2. The minimum absolute atomic E-state index is 0.0309. The van der Waals surface area contributed by atoms with Crippen molar-refractivity contribution in [2.75, 3.05) is 31.2 Å². The zero-order valence-corrected chi connectivity index (χ0v) is 15.1. The van der Waals surface area contributed by atoms with Crippen LogP contribution < -0.4 is 5.32 Å². The van der Waals surface area contributed by atoms with E-state index in [4.69, 9.17) is 0 Å². The van der Waals surface area contributed by atoms with Crippen LogP contribution in [0, 0.1) is 5.92 Å². The number of nitrogens with zero attached hydrogens (tertiary/aromatic N) is 1. The maximum absolute atomic E-state index is 12.8. The molecule has 5 heteroatoms. The summed E-state index contributed by atoms with van der Waals surface area (Å²) >= 11 is 2.01. The van der Waals surface area contributed by atoms with Gasteiger partial charge in [0, 0.05) is 19.7 Å². The van der Waals surface area contributed by atoms with Crippen LogP contribution in [0.3, 0.4) is 0 Å². The number of hydrogen-bond donors (Lipinski definition) is 2. The van der Waals surface area contributed by atoms with Crippen LogP contribution in [-0.4, -0.2) is 47.2 Å². The van der Waals surface area contributed by atoms with E-state index in [2.05, 4.69) is 29.6 Å². The summed E-state index contributed by atoms with van der Waals surface area (Å²) < 4.78 is 0. The van der Waals surface area contributed by atoms with Crippen LogP contribution in [0.4, 0.5) is 4.79 Å². The van der Waals surface area contributed by atoms with E-state index in [0.29, 0.717) is 18.9 Å². The maximum Gasteiger partial charge on any atom is 0.317 e. The highest BCUT2D eigenvalue weighted by molar-refractivity contribution is 7.99. The van der Waals surface area contributed by atoms with Crippen LogP contribution >= 0.6 is 11.8 Å². The van der Waals surface area contributed by atoms with Gasteiger partial charge in [0.15, 0.2) is 0 Å². The number of benzene rings is 1. The van der Waals surface area contributed by atoms with Gasteiger partial charge in [-0.1, -0.05) is 24.3 Å². The molecular formula is C19H28N2O2S. The molecule has 1 aromatic carbocycles. The van der Waals surface area contributed by atoms with Crippen molar-refractivity contribution in [3.8, 4) is 0 Å². The molecule has 1 heterocycles. The van der Waals surface area contributed by atoms with E-state index in [1.165, 1.54) is 35.5 Å². The number of aliphatic hydroxyl groups is 1. The normalized spacial score (nSPS) is 20.6. The molecule has 0 spiro atoms. The Kier molecular flexibility index (Phi) is 6.44. The molecule has 1 aromatic rings. The number of carbonyl (C=O) groups is 1. The first-order chi connectivity index (χ1) is 11.8. The number of aryl methyl sites for hydroxylation is 1. The van der Waals surface area contributed by atoms with Gasteiger partial charge in [-0.25, -0.2) is 4.79 Å². The summed E-state index contributed by atoms with van der Waals surface area (Å²) in [5.41, 5.74) is 2.63. The molecule has 1 atom stereocenters. The monoisotopic (exact) mass is 348 g/mol. The largest absolute Gasteiger partial charge is 0.396 e. The Morgan fingerprint density at radius 1 is 1.25 bits per heavy atom. The van der Waals surface area contributed by atoms with Crippen molar-refractivity contribution in [3.05, 3.63) is 35.4 Å². The Morgan fingerprint density at radius 3 is 2.83 bits per heavy atom. The molecule has 24 heavy (non-hydrogen) atoms. The molecule has 1 saturated heterocycles. The van der Waals surface area contributed by atoms with Crippen LogP contribution in [0.2, 0.25) is 0 Å². The zero-order valence-electron chi connectivity index (χ0n) is 14.2. The van der Waals surface area contributed by atoms with Gasteiger partial charge >= 0.3 is 6.03 Å². The number of amides is 2. The highest BCUT2D eigenvalue weighted by Gasteiger charge is 2.30. The lowest BCUT2D eigenvalue weighted by molar-refractivity contribution is 0.163. The Labute approximate surface area is 149 Å². The highest BCUT2D eigenvalue weighted by Crippen LogP contribution is 2.35. The van der Waals surface area contributed by atoms with Crippen molar-refractivity contribution in [1.82, 2.24) is 10.2 Å². The molecule has 0 unspecified atom stereocenters. The molecule has 4 nitrogen and oxygen atoms in total. The Bertz CT molecular complexity index is 546. The van der Waals surface area contributed by atoms with Crippen molar-refractivity contribution < 1.29 is 9.90 Å². The van der Waals surface area contributed by atoms with Gasteiger partial charge in [0.1, 0.15) is 0 Å². The number of rotatable bonds is 6. The molecule has 132 valence electrons. The average Bonchev–Trinajstić information content (AvgIpc) is 3.05. The molecule has 1 fully saturated rings. The van der Waals surface area contributed by atoms with Gasteiger partial charge < -0.3 is 15.3 Å². The van der Waals surface area contributed by atoms with E-state index in [9.17, 15) is 9.90 Å². The number of thioether (sulfide) groups is 1. The lowest BCUT2D eigenvalue weighted by Gasteiger charge is -2.31. The Hall–Kier alpha value is -1.20. The van der Waals surface area contributed by atoms with E-state index >= 15 is 0 Å². The van der Waals surface area contributed by atoms with Crippen molar-refractivity contribution in [2.24, 2.45) is 5.92 Å². The van der Waals surface area contributed by atoms with Gasteiger partial charge in [-0.05, 0) is 60.7 Å². The number of hydrogen-bond acceptors (Lipinski definition) is 3. The molecule has 0 aromatic heterocycles. The predicted octanol–water partition coefficient (Wildman–Crippen LogP) is 3.21. The van der Waals surface area contributed by atoms with Gasteiger partial charge in [-0.15, -0.1) is 0 Å². The van der Waals surface area contributed by atoms with E-state index in [1.807, 2.05) is 16.7 Å². The fraction of sp³-hybridized carbons (Fsp3) is 0.632. The standard InChI is InChI=1S/C19H28N2O2S/c22-11-3-10-21(18-7-6-16-4-1-2-5-17(16)18)19(23)20-14-15-8-12-24-13-9-15/h1-2,4-5,15,18,22H,3,6-14H2,(H,20,23)/t18-/m0/s1. The minimum atomic E-state index is 0.0309. The first kappa shape index (κ1) is 17.6. The number of nitrogens with one attached hydrogen (secondary N) is 1. The third-order valence-corrected chi connectivity index (χ3v) is 6.23. The first-order valence-corrected chi connectivity index (χ1v) is 10.3. The molecule has 0 bridgehead atoms. The minimum Gasteiger partial charge on any atom is -0.396 e. The van der Waals surface area contributed by atoms with Gasteiger partial charge in [-0.2, -0.15) is 11.8 Å². The summed E-state index contributed by atoms with van der Waals surface area (Å²) in [6.45, 7) is 1.52. The molecule has 2 N–H and O–H groups in total. The second-order valence-corrected chi connectivity index (χ2v) is 7.99. The molecule has 1 aliphatic heterocycles. The second-order valence-electron chi connectivity index (χ2n) is 6.77. The molecule has 0 saturated carbocycles. The number of carbonyl (C=O) groups excluding carboxylic acids is 1. The first-order valence-electron chi connectivity index (χ1n) is 9.10. The lowest BCUT2D eigenvalue weighted by atomic mass is 10.0. The lowest BCUT2D eigenvalue weighted by Crippen LogP contribution is -2.44. The number of fused-ring (bicyclic) bond motifs is 1. The van der Waals surface area contributed by atoms with Crippen LogP contribution in [0.5, 0.6) is 0 Å². The number of urea groups is 1. The van der Waals surface area contributed by atoms with Crippen LogP contribution in [0.25, 0.3) is 0 Å². The van der Waals surface area contributed by atoms with Crippen molar-refractivity contribution in [2.45, 2.75) is 38.1 Å². The molecule has 1 aliphatic carbocycles. The van der Waals surface area contributed by atoms with Crippen LogP contribution in [0.15, 0.2) is 24.3 Å². The summed E-state index contributed by atoms with van der Waals surface area (Å²) in [4.78, 5) is 14.8. The summed E-state index contributed by atoms with van der Waals surface area (Å²) in [6, 6.07) is 8.61. The summed E-state index contributed by atoms with van der Waals surface area (Å²) in [5.74, 6) is 3.04. The van der Waals surface area contributed by atoms with E-state index < -0.39 is 0 Å². The number of aliphatic hydroxyl groups excluding tert-OH is 1. The molecule has 2 aliphatic rings. The molecule has 3 rings (SSSR count). The Morgan fingerprint density at radius 2 is 2.04 bits per heavy atom. The van der Waals surface area contributed by atoms with E-state index in [1.54, 1.807) is 0 Å². The molecule has 0 radical (unpaired) electrons. The molecule has 2 amide bonds. The SMILES string of the molecule is O=C(NCC1CCSCC1)N(CCCO)[C@H]1CCc2ccccc21. The average molecular weight is 349 g/mol. The maximum atomic E-state index is 12.8. The summed E-state index contributed by atoms with van der Waals surface area (Å²) in [5, 5.41) is 12.4. The van der Waals surface area contributed by atoms with Crippen molar-refractivity contribution in [3.63, 3.8) is 0 Å². The van der Waals surface area contributed by atoms with E-state index in [-0.39, 0.29) is 18.7 Å². The van der Waals surface area contributed by atoms with Crippen LogP contribution in [-0.2, 0) is 6.42 Å². The summed E-state index contributed by atoms with van der Waals surface area (Å²) in [6.07, 6.45) is 5.05. The zero-order chi connectivity index (χ0) is 16.8. The van der Waals surface area contributed by atoms with Crippen molar-refractivity contribution in [1.29, 1.82) is 0 Å². The fourth-order valence-corrected chi connectivity index (χ4v) is 4.99.